The molecular formula is C14H12F4N2. The lowest BCUT2D eigenvalue weighted by molar-refractivity contribution is -0.139. The summed E-state index contributed by atoms with van der Waals surface area (Å²) in [5.74, 6) is -1.29. The summed E-state index contributed by atoms with van der Waals surface area (Å²) in [6.45, 7) is 1.77. The van der Waals surface area contributed by atoms with E-state index < -0.39 is 17.6 Å². The molecule has 0 radical (unpaired) electrons. The van der Waals surface area contributed by atoms with Gasteiger partial charge in [-0.2, -0.15) is 13.2 Å². The Morgan fingerprint density at radius 1 is 1.05 bits per heavy atom. The fourth-order valence-electron chi connectivity index (χ4n) is 1.80. The fraction of sp³-hybridized carbons (Fsp3) is 0.143. The van der Waals surface area contributed by atoms with Crippen LogP contribution in [-0.2, 0) is 6.18 Å². The van der Waals surface area contributed by atoms with Crippen LogP contribution in [0, 0.1) is 12.7 Å². The van der Waals surface area contributed by atoms with Crippen molar-refractivity contribution >= 4 is 17.1 Å². The van der Waals surface area contributed by atoms with Gasteiger partial charge in [-0.1, -0.05) is 0 Å². The molecule has 2 rings (SSSR count). The van der Waals surface area contributed by atoms with Crippen LogP contribution >= 0.6 is 0 Å². The summed E-state index contributed by atoms with van der Waals surface area (Å²) in [7, 11) is 0. The Kier molecular flexibility index (Phi) is 3.57. The van der Waals surface area contributed by atoms with Gasteiger partial charge >= 0.3 is 6.18 Å². The van der Waals surface area contributed by atoms with Crippen molar-refractivity contribution in [1.29, 1.82) is 0 Å². The first-order chi connectivity index (χ1) is 9.27. The standard InChI is InChI=1S/C14H12F4N2/c1-8-6-9(19)2-5-13(8)20-10-3-4-12(15)11(7-10)14(16,17)18/h2-7,20H,19H2,1H3. The highest BCUT2D eigenvalue weighted by molar-refractivity contribution is 5.66. The summed E-state index contributed by atoms with van der Waals surface area (Å²) in [5, 5.41) is 2.82. The Balaban J connectivity index is 2.35. The molecule has 0 unspecified atom stereocenters. The molecule has 0 aliphatic heterocycles. The molecule has 0 bridgehead atoms. The summed E-state index contributed by atoms with van der Waals surface area (Å²) in [6.07, 6.45) is -4.72. The monoisotopic (exact) mass is 284 g/mol. The van der Waals surface area contributed by atoms with Gasteiger partial charge in [-0.05, 0) is 48.9 Å². The Morgan fingerprint density at radius 2 is 1.75 bits per heavy atom. The van der Waals surface area contributed by atoms with Crippen LogP contribution in [0.4, 0.5) is 34.6 Å². The van der Waals surface area contributed by atoms with Gasteiger partial charge in [0.15, 0.2) is 0 Å². The molecule has 106 valence electrons. The van der Waals surface area contributed by atoms with Crippen molar-refractivity contribution < 1.29 is 17.6 Å². The molecule has 0 aromatic heterocycles. The molecule has 0 atom stereocenters. The zero-order valence-electron chi connectivity index (χ0n) is 10.6. The SMILES string of the molecule is Cc1cc(N)ccc1Nc1ccc(F)c(C(F)(F)F)c1. The van der Waals surface area contributed by atoms with E-state index in [-0.39, 0.29) is 5.69 Å². The number of benzene rings is 2. The lowest BCUT2D eigenvalue weighted by Crippen LogP contribution is -2.08. The molecule has 0 saturated carbocycles. The molecule has 0 heterocycles. The molecule has 0 aliphatic carbocycles. The van der Waals surface area contributed by atoms with Crippen molar-refractivity contribution in [2.45, 2.75) is 13.1 Å². The van der Waals surface area contributed by atoms with E-state index in [1.807, 2.05) is 0 Å². The predicted molar refractivity (Wildman–Crippen MR) is 70.3 cm³/mol. The third kappa shape index (κ3) is 3.01. The van der Waals surface area contributed by atoms with Crippen LogP contribution < -0.4 is 11.1 Å². The number of rotatable bonds is 2. The van der Waals surface area contributed by atoms with Crippen molar-refractivity contribution in [3.05, 3.63) is 53.3 Å². The number of aryl methyl sites for hydroxylation is 1. The molecular weight excluding hydrogens is 272 g/mol. The number of nitrogens with one attached hydrogen (secondary N) is 1. The smallest absolute Gasteiger partial charge is 0.399 e. The van der Waals surface area contributed by atoms with Gasteiger partial charge in [-0.15, -0.1) is 0 Å². The summed E-state index contributed by atoms with van der Waals surface area (Å²) in [4.78, 5) is 0. The van der Waals surface area contributed by atoms with E-state index in [4.69, 9.17) is 5.73 Å². The van der Waals surface area contributed by atoms with E-state index in [0.29, 0.717) is 11.4 Å². The van der Waals surface area contributed by atoms with Gasteiger partial charge in [0, 0.05) is 17.1 Å². The quantitative estimate of drug-likeness (QED) is 0.630. The first kappa shape index (κ1) is 14.2. The number of nitrogen functional groups attached to an aromatic ring is 1. The molecule has 2 aromatic rings. The van der Waals surface area contributed by atoms with Gasteiger partial charge in [-0.3, -0.25) is 0 Å². The number of alkyl halides is 3. The highest BCUT2D eigenvalue weighted by atomic mass is 19.4. The van der Waals surface area contributed by atoms with Crippen molar-refractivity contribution in [1.82, 2.24) is 0 Å². The summed E-state index contributed by atoms with van der Waals surface area (Å²) in [6, 6.07) is 7.75. The van der Waals surface area contributed by atoms with Crippen LogP contribution in [0.5, 0.6) is 0 Å². The minimum absolute atomic E-state index is 0.159. The second-order valence-corrected chi connectivity index (χ2v) is 4.39. The molecule has 0 spiro atoms. The summed E-state index contributed by atoms with van der Waals surface area (Å²) in [5.41, 5.74) is 6.41. The van der Waals surface area contributed by atoms with Crippen molar-refractivity contribution in [2.24, 2.45) is 0 Å². The van der Waals surface area contributed by atoms with E-state index in [0.717, 1.165) is 17.7 Å². The molecule has 0 saturated heterocycles. The molecule has 0 aliphatic rings. The van der Waals surface area contributed by atoms with Crippen molar-refractivity contribution in [3.63, 3.8) is 0 Å². The minimum atomic E-state index is -4.72. The van der Waals surface area contributed by atoms with Crippen LogP contribution in [0.25, 0.3) is 0 Å². The normalized spacial score (nSPS) is 11.4. The molecule has 0 fully saturated rings. The number of halogens is 4. The second kappa shape index (κ2) is 5.03. The third-order valence-electron chi connectivity index (χ3n) is 2.80. The highest BCUT2D eigenvalue weighted by Gasteiger charge is 2.34. The summed E-state index contributed by atoms with van der Waals surface area (Å²) < 4.78 is 51.0. The van der Waals surface area contributed by atoms with Gasteiger partial charge < -0.3 is 11.1 Å². The van der Waals surface area contributed by atoms with Gasteiger partial charge in [-0.25, -0.2) is 4.39 Å². The maximum Gasteiger partial charge on any atom is 0.419 e. The largest absolute Gasteiger partial charge is 0.419 e. The Labute approximate surface area is 113 Å². The number of nitrogens with two attached hydrogens (primary N) is 1. The topological polar surface area (TPSA) is 38.0 Å². The Bertz CT molecular complexity index is 636. The molecule has 2 nitrogen and oxygen atoms in total. The first-order valence-corrected chi connectivity index (χ1v) is 5.77. The van der Waals surface area contributed by atoms with Gasteiger partial charge in [0.1, 0.15) is 5.82 Å². The molecule has 3 N–H and O–H groups in total. The third-order valence-corrected chi connectivity index (χ3v) is 2.80. The molecule has 0 amide bonds. The van der Waals surface area contributed by atoms with Gasteiger partial charge in [0.25, 0.3) is 0 Å². The maximum absolute atomic E-state index is 13.2. The van der Waals surface area contributed by atoms with Crippen LogP contribution in [0.3, 0.4) is 0 Å². The maximum atomic E-state index is 13.2. The average molecular weight is 284 g/mol. The zero-order valence-corrected chi connectivity index (χ0v) is 10.6. The van der Waals surface area contributed by atoms with Crippen LogP contribution in [0.15, 0.2) is 36.4 Å². The first-order valence-electron chi connectivity index (χ1n) is 5.77. The van der Waals surface area contributed by atoms with E-state index in [2.05, 4.69) is 5.32 Å². The molecule has 20 heavy (non-hydrogen) atoms. The van der Waals surface area contributed by atoms with Crippen LogP contribution in [0.2, 0.25) is 0 Å². The van der Waals surface area contributed by atoms with E-state index in [1.54, 1.807) is 25.1 Å². The highest BCUT2D eigenvalue weighted by Crippen LogP contribution is 2.34. The lowest BCUT2D eigenvalue weighted by Gasteiger charge is -2.13. The lowest BCUT2D eigenvalue weighted by atomic mass is 10.1. The van der Waals surface area contributed by atoms with Crippen LogP contribution in [-0.4, -0.2) is 0 Å². The van der Waals surface area contributed by atoms with E-state index >= 15 is 0 Å². The van der Waals surface area contributed by atoms with Crippen molar-refractivity contribution in [3.8, 4) is 0 Å². The number of anilines is 3. The Morgan fingerprint density at radius 3 is 2.35 bits per heavy atom. The summed E-state index contributed by atoms with van der Waals surface area (Å²) >= 11 is 0. The minimum Gasteiger partial charge on any atom is -0.399 e. The fourth-order valence-corrected chi connectivity index (χ4v) is 1.80. The van der Waals surface area contributed by atoms with Gasteiger partial charge in [0.2, 0.25) is 0 Å². The van der Waals surface area contributed by atoms with Crippen LogP contribution in [0.1, 0.15) is 11.1 Å². The molecule has 6 heteroatoms. The average Bonchev–Trinajstić information content (AvgIpc) is 2.33. The van der Waals surface area contributed by atoms with Gasteiger partial charge in [0.05, 0.1) is 5.56 Å². The molecule has 2 aromatic carbocycles. The zero-order chi connectivity index (χ0) is 14.9. The van der Waals surface area contributed by atoms with E-state index in [1.165, 1.54) is 6.07 Å². The Hall–Kier alpha value is -2.24. The van der Waals surface area contributed by atoms with E-state index in [9.17, 15) is 17.6 Å². The number of hydrogen-bond donors (Lipinski definition) is 2. The predicted octanol–water partition coefficient (Wildman–Crippen LogP) is 4.48. The van der Waals surface area contributed by atoms with Crippen molar-refractivity contribution in [2.75, 3.05) is 11.1 Å². The number of hydrogen-bond acceptors (Lipinski definition) is 2. The second-order valence-electron chi connectivity index (χ2n) is 4.39.